The number of nitrogens with zero attached hydrogens (tertiary/aromatic N) is 3. The van der Waals surface area contributed by atoms with Gasteiger partial charge in [-0.25, -0.2) is 0 Å². The second-order valence-electron chi connectivity index (χ2n) is 6.68. The van der Waals surface area contributed by atoms with E-state index >= 15 is 0 Å². The fraction of sp³-hybridized carbons (Fsp3) is 0.556. The molecule has 0 radical (unpaired) electrons. The van der Waals surface area contributed by atoms with Crippen LogP contribution in [0.25, 0.3) is 0 Å². The highest BCUT2D eigenvalue weighted by Crippen LogP contribution is 2.48. The Hall–Kier alpha value is -1.88. The summed E-state index contributed by atoms with van der Waals surface area (Å²) < 4.78 is 8.45. The van der Waals surface area contributed by atoms with Crippen molar-refractivity contribution in [2.75, 3.05) is 6.54 Å². The molecule has 5 nitrogen and oxygen atoms in total. The third kappa shape index (κ3) is 2.74. The lowest BCUT2D eigenvalue weighted by Crippen LogP contribution is -2.49. The van der Waals surface area contributed by atoms with Gasteiger partial charge >= 0.3 is 0 Å². The minimum atomic E-state index is 0.0805. The minimum absolute atomic E-state index is 0.0805. The van der Waals surface area contributed by atoms with Gasteiger partial charge in [-0.2, -0.15) is 0 Å². The van der Waals surface area contributed by atoms with Crippen molar-refractivity contribution in [3.05, 3.63) is 42.0 Å². The largest absolute Gasteiger partial charge is 0.487 e. The fourth-order valence-electron chi connectivity index (χ4n) is 3.78. The van der Waals surface area contributed by atoms with E-state index in [1.54, 1.807) is 0 Å². The Bertz CT molecular complexity index is 677. The summed E-state index contributed by atoms with van der Waals surface area (Å²) >= 11 is 0. The Morgan fingerprint density at radius 1 is 1.35 bits per heavy atom. The molecule has 0 bridgehead atoms. The molecule has 1 aromatic carbocycles. The van der Waals surface area contributed by atoms with Crippen LogP contribution in [-0.4, -0.2) is 26.9 Å². The topological polar surface area (TPSA) is 52.0 Å². The second-order valence-corrected chi connectivity index (χ2v) is 6.68. The van der Waals surface area contributed by atoms with Gasteiger partial charge in [0.15, 0.2) is 0 Å². The van der Waals surface area contributed by atoms with Crippen molar-refractivity contribution in [2.45, 2.75) is 57.2 Å². The van der Waals surface area contributed by atoms with E-state index in [0.29, 0.717) is 6.04 Å². The van der Waals surface area contributed by atoms with Gasteiger partial charge in [0.25, 0.3) is 0 Å². The molecule has 1 N–H and O–H groups in total. The SMILES string of the molecule is CCc1nncn1CCN[C@H]1CC2(CCC2)Oc2ccccc21. The predicted octanol–water partition coefficient (Wildman–Crippen LogP) is 2.88. The van der Waals surface area contributed by atoms with E-state index in [1.807, 2.05) is 6.33 Å². The van der Waals surface area contributed by atoms with Gasteiger partial charge in [-0.1, -0.05) is 25.1 Å². The maximum Gasteiger partial charge on any atom is 0.132 e. The van der Waals surface area contributed by atoms with Crippen molar-refractivity contribution in [1.29, 1.82) is 0 Å². The molecule has 1 aliphatic carbocycles. The first-order valence-electron chi connectivity index (χ1n) is 8.68. The first-order chi connectivity index (χ1) is 11.3. The minimum Gasteiger partial charge on any atom is -0.487 e. The zero-order chi connectivity index (χ0) is 15.7. The molecule has 1 fully saturated rings. The molecule has 5 heteroatoms. The van der Waals surface area contributed by atoms with E-state index in [4.69, 9.17) is 4.74 Å². The lowest BCUT2D eigenvalue weighted by atomic mass is 9.73. The summed E-state index contributed by atoms with van der Waals surface area (Å²) in [7, 11) is 0. The number of hydrogen-bond acceptors (Lipinski definition) is 4. The molecular formula is C18H24N4O. The Morgan fingerprint density at radius 2 is 2.22 bits per heavy atom. The number of rotatable bonds is 5. The van der Waals surface area contributed by atoms with Crippen molar-refractivity contribution < 1.29 is 4.74 Å². The third-order valence-corrected chi connectivity index (χ3v) is 5.22. The molecule has 0 unspecified atom stereocenters. The third-order valence-electron chi connectivity index (χ3n) is 5.22. The average Bonchev–Trinajstić information content (AvgIpc) is 3.00. The Morgan fingerprint density at radius 3 is 3.00 bits per heavy atom. The number of ether oxygens (including phenoxy) is 1. The first-order valence-corrected chi connectivity index (χ1v) is 8.68. The van der Waals surface area contributed by atoms with Crippen LogP contribution in [0.1, 0.15) is 50.0 Å². The number of para-hydroxylation sites is 1. The van der Waals surface area contributed by atoms with Gasteiger partial charge in [-0.15, -0.1) is 10.2 Å². The number of aromatic nitrogens is 3. The molecule has 1 aliphatic heterocycles. The Kier molecular flexibility index (Phi) is 3.81. The van der Waals surface area contributed by atoms with E-state index in [2.05, 4.69) is 51.3 Å². The Labute approximate surface area is 137 Å². The first kappa shape index (κ1) is 14.7. The molecule has 1 spiro atoms. The maximum atomic E-state index is 6.31. The van der Waals surface area contributed by atoms with E-state index in [0.717, 1.165) is 37.5 Å². The quantitative estimate of drug-likeness (QED) is 0.922. The van der Waals surface area contributed by atoms with Crippen molar-refractivity contribution >= 4 is 0 Å². The van der Waals surface area contributed by atoms with Gasteiger partial charge in [0.1, 0.15) is 23.5 Å². The summed E-state index contributed by atoms with van der Waals surface area (Å²) in [5.41, 5.74) is 1.38. The fourth-order valence-corrected chi connectivity index (χ4v) is 3.78. The number of hydrogen-bond donors (Lipinski definition) is 1. The lowest BCUT2D eigenvalue weighted by molar-refractivity contribution is -0.0369. The number of benzene rings is 1. The molecule has 4 rings (SSSR count). The van der Waals surface area contributed by atoms with Crippen LogP contribution in [0.15, 0.2) is 30.6 Å². The van der Waals surface area contributed by atoms with Crippen LogP contribution in [0.4, 0.5) is 0 Å². The molecule has 1 saturated carbocycles. The average molecular weight is 312 g/mol. The standard InChI is InChI=1S/C18H24N4O/c1-2-17-21-20-13-22(17)11-10-19-15-12-18(8-5-9-18)23-16-7-4-3-6-14(15)16/h3-4,6-7,13,15,19H,2,5,8-12H2,1H3/t15-/m0/s1. The maximum absolute atomic E-state index is 6.31. The van der Waals surface area contributed by atoms with Gasteiger partial charge < -0.3 is 14.6 Å². The highest BCUT2D eigenvalue weighted by Gasteiger charge is 2.45. The van der Waals surface area contributed by atoms with Crippen LogP contribution in [-0.2, 0) is 13.0 Å². The molecular weight excluding hydrogens is 288 g/mol. The molecule has 23 heavy (non-hydrogen) atoms. The van der Waals surface area contributed by atoms with Gasteiger partial charge in [0, 0.05) is 37.5 Å². The summed E-state index contributed by atoms with van der Waals surface area (Å²) in [6.07, 6.45) is 7.48. The van der Waals surface area contributed by atoms with Crippen molar-refractivity contribution in [1.82, 2.24) is 20.1 Å². The summed E-state index contributed by atoms with van der Waals surface area (Å²) in [6.45, 7) is 3.94. The highest BCUT2D eigenvalue weighted by molar-refractivity contribution is 5.39. The van der Waals surface area contributed by atoms with E-state index < -0.39 is 0 Å². The smallest absolute Gasteiger partial charge is 0.132 e. The van der Waals surface area contributed by atoms with E-state index in [1.165, 1.54) is 24.8 Å². The van der Waals surface area contributed by atoms with Crippen LogP contribution in [0, 0.1) is 0 Å². The van der Waals surface area contributed by atoms with Crippen LogP contribution in [0.5, 0.6) is 5.75 Å². The van der Waals surface area contributed by atoms with Crippen molar-refractivity contribution in [2.24, 2.45) is 0 Å². The normalized spacial score (nSPS) is 21.5. The van der Waals surface area contributed by atoms with Crippen LogP contribution in [0.3, 0.4) is 0 Å². The molecule has 0 amide bonds. The van der Waals surface area contributed by atoms with Gasteiger partial charge in [-0.05, 0) is 25.3 Å². The van der Waals surface area contributed by atoms with Crippen LogP contribution in [0.2, 0.25) is 0 Å². The Balaban J connectivity index is 1.45. The lowest BCUT2D eigenvalue weighted by Gasteiger charge is -2.48. The molecule has 0 saturated heterocycles. The van der Waals surface area contributed by atoms with Gasteiger partial charge in [-0.3, -0.25) is 0 Å². The summed E-state index contributed by atoms with van der Waals surface area (Å²) in [6, 6.07) is 8.84. The number of nitrogens with one attached hydrogen (secondary N) is 1. The zero-order valence-corrected chi connectivity index (χ0v) is 13.7. The number of fused-ring (bicyclic) bond motifs is 1. The van der Waals surface area contributed by atoms with Crippen molar-refractivity contribution in [3.63, 3.8) is 0 Å². The molecule has 2 aromatic rings. The zero-order valence-electron chi connectivity index (χ0n) is 13.7. The molecule has 1 atom stereocenters. The van der Waals surface area contributed by atoms with Crippen LogP contribution >= 0.6 is 0 Å². The van der Waals surface area contributed by atoms with Crippen molar-refractivity contribution in [3.8, 4) is 5.75 Å². The predicted molar refractivity (Wildman–Crippen MR) is 88.4 cm³/mol. The summed E-state index contributed by atoms with van der Waals surface area (Å²) in [5, 5.41) is 11.9. The molecule has 122 valence electrons. The molecule has 1 aromatic heterocycles. The van der Waals surface area contributed by atoms with Gasteiger partial charge in [0.2, 0.25) is 0 Å². The highest BCUT2D eigenvalue weighted by atomic mass is 16.5. The van der Waals surface area contributed by atoms with E-state index in [-0.39, 0.29) is 5.60 Å². The monoisotopic (exact) mass is 312 g/mol. The summed E-state index contributed by atoms with van der Waals surface area (Å²) in [4.78, 5) is 0. The second kappa shape index (κ2) is 5.96. The molecule has 2 heterocycles. The summed E-state index contributed by atoms with van der Waals surface area (Å²) in [5.74, 6) is 2.11. The van der Waals surface area contributed by atoms with E-state index in [9.17, 15) is 0 Å². The molecule has 2 aliphatic rings. The van der Waals surface area contributed by atoms with Gasteiger partial charge in [0.05, 0.1) is 0 Å². The van der Waals surface area contributed by atoms with Crippen LogP contribution < -0.4 is 10.1 Å². The number of aryl methyl sites for hydroxylation is 1.